The maximum atomic E-state index is 13.2. The average Bonchev–Trinajstić information content (AvgIpc) is 2.70. The summed E-state index contributed by atoms with van der Waals surface area (Å²) in [5.41, 5.74) is 4.47. The van der Waals surface area contributed by atoms with Gasteiger partial charge in [-0.15, -0.1) is 0 Å². The van der Waals surface area contributed by atoms with Crippen molar-refractivity contribution in [3.05, 3.63) is 54.2 Å². The lowest BCUT2D eigenvalue weighted by Gasteiger charge is -2.07. The molecule has 142 valence electrons. The predicted molar refractivity (Wildman–Crippen MR) is 109 cm³/mol. The van der Waals surface area contributed by atoms with E-state index in [4.69, 9.17) is 4.98 Å². The number of benzene rings is 1. The van der Waals surface area contributed by atoms with Gasteiger partial charge in [-0.25, -0.2) is 19.3 Å². The number of nitrogens with zero attached hydrogens (tertiary/aromatic N) is 3. The lowest BCUT2D eigenvalue weighted by Crippen LogP contribution is -1.97. The molecule has 4 heteroatoms. The van der Waals surface area contributed by atoms with Gasteiger partial charge in [0.25, 0.3) is 0 Å². The largest absolute Gasteiger partial charge is 0.244 e. The van der Waals surface area contributed by atoms with E-state index in [9.17, 15) is 4.39 Å². The van der Waals surface area contributed by atoms with Gasteiger partial charge in [-0.2, -0.15) is 0 Å². The Labute approximate surface area is 161 Å². The third kappa shape index (κ3) is 5.56. The van der Waals surface area contributed by atoms with E-state index in [0.29, 0.717) is 0 Å². The predicted octanol–water partition coefficient (Wildman–Crippen LogP) is 6.51. The minimum atomic E-state index is -0.238. The number of fused-ring (bicyclic) bond motifs is 1. The van der Waals surface area contributed by atoms with Gasteiger partial charge in [0.05, 0.1) is 16.9 Å². The van der Waals surface area contributed by atoms with Crippen molar-refractivity contribution >= 4 is 11.0 Å². The fourth-order valence-electron chi connectivity index (χ4n) is 3.38. The minimum Gasteiger partial charge on any atom is -0.244 e. The van der Waals surface area contributed by atoms with Crippen molar-refractivity contribution in [3.63, 3.8) is 0 Å². The molecule has 0 atom stereocenters. The van der Waals surface area contributed by atoms with Gasteiger partial charge in [0.15, 0.2) is 0 Å². The summed E-state index contributed by atoms with van der Waals surface area (Å²) in [6, 6.07) is 10.3. The van der Waals surface area contributed by atoms with Crippen LogP contribution >= 0.6 is 0 Å². The van der Waals surface area contributed by atoms with Gasteiger partial charge >= 0.3 is 0 Å². The molecule has 27 heavy (non-hydrogen) atoms. The number of unbranched alkanes of at least 4 members (excludes halogenated alkanes) is 7. The Morgan fingerprint density at radius 2 is 1.48 bits per heavy atom. The number of aromatic nitrogens is 3. The van der Waals surface area contributed by atoms with E-state index in [2.05, 4.69) is 16.9 Å². The molecular weight excluding hydrogens is 337 g/mol. The van der Waals surface area contributed by atoms with Crippen LogP contribution in [0.5, 0.6) is 0 Å². The van der Waals surface area contributed by atoms with Crippen molar-refractivity contribution in [3.8, 4) is 11.3 Å². The fourth-order valence-corrected chi connectivity index (χ4v) is 3.38. The summed E-state index contributed by atoms with van der Waals surface area (Å²) in [4.78, 5) is 13.6. The standard InChI is InChI=1S/C23H28FN3/c1-2-3-4-5-6-7-8-9-10-21-23-22(26-17-25-21)16-15-20(27-23)18-11-13-19(24)14-12-18/h11-17H,2-10H2,1H3. The molecule has 3 nitrogen and oxygen atoms in total. The molecule has 0 unspecified atom stereocenters. The molecular formula is C23H28FN3. The Morgan fingerprint density at radius 1 is 0.778 bits per heavy atom. The molecule has 0 fully saturated rings. The summed E-state index contributed by atoms with van der Waals surface area (Å²) in [7, 11) is 0. The van der Waals surface area contributed by atoms with E-state index in [-0.39, 0.29) is 5.82 Å². The van der Waals surface area contributed by atoms with E-state index >= 15 is 0 Å². The van der Waals surface area contributed by atoms with Crippen LogP contribution in [-0.4, -0.2) is 15.0 Å². The van der Waals surface area contributed by atoms with Crippen LogP contribution in [0.3, 0.4) is 0 Å². The zero-order chi connectivity index (χ0) is 18.9. The highest BCUT2D eigenvalue weighted by molar-refractivity contribution is 5.79. The summed E-state index contributed by atoms with van der Waals surface area (Å²) in [6.07, 6.45) is 12.9. The highest BCUT2D eigenvalue weighted by atomic mass is 19.1. The van der Waals surface area contributed by atoms with Crippen molar-refractivity contribution in [2.45, 2.75) is 64.7 Å². The minimum absolute atomic E-state index is 0.238. The third-order valence-corrected chi connectivity index (χ3v) is 4.96. The van der Waals surface area contributed by atoms with Crippen LogP contribution in [0, 0.1) is 5.82 Å². The van der Waals surface area contributed by atoms with Gasteiger partial charge in [0, 0.05) is 5.56 Å². The number of halogens is 1. The Balaban J connectivity index is 1.63. The van der Waals surface area contributed by atoms with Gasteiger partial charge in [0.2, 0.25) is 0 Å². The molecule has 2 heterocycles. The van der Waals surface area contributed by atoms with Crippen molar-refractivity contribution < 1.29 is 4.39 Å². The molecule has 0 saturated carbocycles. The summed E-state index contributed by atoms with van der Waals surface area (Å²) < 4.78 is 13.2. The quantitative estimate of drug-likeness (QED) is 0.384. The van der Waals surface area contributed by atoms with Crippen molar-refractivity contribution in [2.24, 2.45) is 0 Å². The first-order chi connectivity index (χ1) is 13.3. The SMILES string of the molecule is CCCCCCCCCCc1ncnc2ccc(-c3ccc(F)cc3)nc12. The molecule has 0 spiro atoms. The maximum absolute atomic E-state index is 13.2. The van der Waals surface area contributed by atoms with Crippen LogP contribution in [0.4, 0.5) is 4.39 Å². The normalized spacial score (nSPS) is 11.2. The highest BCUT2D eigenvalue weighted by Gasteiger charge is 2.08. The van der Waals surface area contributed by atoms with E-state index in [0.717, 1.165) is 40.8 Å². The highest BCUT2D eigenvalue weighted by Crippen LogP contribution is 2.22. The number of pyridine rings is 1. The van der Waals surface area contributed by atoms with Crippen molar-refractivity contribution in [2.75, 3.05) is 0 Å². The lowest BCUT2D eigenvalue weighted by molar-refractivity contribution is 0.574. The Hall–Kier alpha value is -2.36. The second-order valence-electron chi connectivity index (χ2n) is 7.12. The number of hydrogen-bond donors (Lipinski definition) is 0. The van der Waals surface area contributed by atoms with E-state index in [1.165, 1.54) is 57.1 Å². The van der Waals surface area contributed by atoms with Gasteiger partial charge in [-0.1, -0.05) is 51.9 Å². The van der Waals surface area contributed by atoms with Crippen LogP contribution in [0.25, 0.3) is 22.3 Å². The van der Waals surface area contributed by atoms with E-state index < -0.39 is 0 Å². The average molecular weight is 365 g/mol. The first-order valence-electron chi connectivity index (χ1n) is 10.1. The van der Waals surface area contributed by atoms with Crippen molar-refractivity contribution in [1.29, 1.82) is 0 Å². The summed E-state index contributed by atoms with van der Waals surface area (Å²) >= 11 is 0. The molecule has 3 rings (SSSR count). The van der Waals surface area contributed by atoms with Gasteiger partial charge in [0.1, 0.15) is 17.7 Å². The van der Waals surface area contributed by atoms with Crippen LogP contribution in [0.1, 0.15) is 64.0 Å². The monoisotopic (exact) mass is 365 g/mol. The molecule has 3 aromatic rings. The fraction of sp³-hybridized carbons (Fsp3) is 0.435. The molecule has 0 N–H and O–H groups in total. The van der Waals surface area contributed by atoms with Crippen LogP contribution in [0.15, 0.2) is 42.7 Å². The van der Waals surface area contributed by atoms with Gasteiger partial charge in [-0.05, 0) is 49.2 Å². The Morgan fingerprint density at radius 3 is 2.22 bits per heavy atom. The Bertz CT molecular complexity index is 846. The maximum Gasteiger partial charge on any atom is 0.123 e. The van der Waals surface area contributed by atoms with Crippen LogP contribution in [0.2, 0.25) is 0 Å². The second kappa shape index (κ2) is 10.1. The summed E-state index contributed by atoms with van der Waals surface area (Å²) in [5.74, 6) is -0.238. The zero-order valence-electron chi connectivity index (χ0n) is 16.1. The second-order valence-corrected chi connectivity index (χ2v) is 7.12. The molecule has 0 radical (unpaired) electrons. The Kier molecular flexibility index (Phi) is 7.26. The molecule has 0 amide bonds. The van der Waals surface area contributed by atoms with Gasteiger partial charge in [-0.3, -0.25) is 0 Å². The van der Waals surface area contributed by atoms with E-state index in [1.54, 1.807) is 18.5 Å². The van der Waals surface area contributed by atoms with E-state index in [1.807, 2.05) is 12.1 Å². The molecule has 0 aliphatic heterocycles. The van der Waals surface area contributed by atoms with Gasteiger partial charge < -0.3 is 0 Å². The first-order valence-corrected chi connectivity index (χ1v) is 10.1. The number of aryl methyl sites for hydroxylation is 1. The molecule has 2 aromatic heterocycles. The molecule has 0 aliphatic carbocycles. The first kappa shape index (κ1) is 19.4. The molecule has 0 aliphatic rings. The third-order valence-electron chi connectivity index (χ3n) is 4.96. The smallest absolute Gasteiger partial charge is 0.123 e. The van der Waals surface area contributed by atoms with Crippen molar-refractivity contribution in [1.82, 2.24) is 15.0 Å². The summed E-state index contributed by atoms with van der Waals surface area (Å²) in [6.45, 7) is 2.25. The number of rotatable bonds is 10. The topological polar surface area (TPSA) is 38.7 Å². The van der Waals surface area contributed by atoms with Crippen LogP contribution < -0.4 is 0 Å². The zero-order valence-corrected chi connectivity index (χ0v) is 16.1. The van der Waals surface area contributed by atoms with Crippen LogP contribution in [-0.2, 0) is 6.42 Å². The molecule has 1 aromatic carbocycles. The molecule has 0 saturated heterocycles. The molecule has 0 bridgehead atoms. The number of hydrogen-bond acceptors (Lipinski definition) is 3. The lowest BCUT2D eigenvalue weighted by atomic mass is 10.1. The summed E-state index contributed by atoms with van der Waals surface area (Å²) in [5, 5.41) is 0.